The second-order valence-electron chi connectivity index (χ2n) is 5.81. The number of benzene rings is 1. The van der Waals surface area contributed by atoms with Crippen LogP contribution < -0.4 is 10.6 Å². The minimum atomic E-state index is -0.0868. The van der Waals surface area contributed by atoms with Gasteiger partial charge in [-0.15, -0.1) is 10.2 Å². The highest BCUT2D eigenvalue weighted by atomic mass is 127. The molecule has 8 heteroatoms. The highest BCUT2D eigenvalue weighted by molar-refractivity contribution is 14.1. The lowest BCUT2D eigenvalue weighted by Crippen LogP contribution is -2.29. The predicted octanol–water partition coefficient (Wildman–Crippen LogP) is 2.73. The Morgan fingerprint density at radius 1 is 1.12 bits per heavy atom. The van der Waals surface area contributed by atoms with Crippen LogP contribution in [0.3, 0.4) is 0 Å². The highest BCUT2D eigenvalue weighted by Crippen LogP contribution is 2.10. The number of halogens is 1. The molecule has 2 N–H and O–H groups in total. The summed E-state index contributed by atoms with van der Waals surface area (Å²) in [6, 6.07) is 13.2. The molecule has 0 saturated heterocycles. The van der Waals surface area contributed by atoms with Crippen LogP contribution >= 0.6 is 22.6 Å². The number of aryl methyl sites for hydroxylation is 2. The zero-order chi connectivity index (χ0) is 18.5. The van der Waals surface area contributed by atoms with E-state index < -0.39 is 0 Å². The van der Waals surface area contributed by atoms with E-state index in [0.29, 0.717) is 30.3 Å². The largest absolute Gasteiger partial charge is 0.367 e. The van der Waals surface area contributed by atoms with Crippen molar-refractivity contribution in [2.24, 2.45) is 0 Å². The summed E-state index contributed by atoms with van der Waals surface area (Å²) >= 11 is 2.19. The highest BCUT2D eigenvalue weighted by Gasteiger charge is 2.07. The topological polar surface area (TPSA) is 84.7 Å². The third-order valence-electron chi connectivity index (χ3n) is 3.68. The Labute approximate surface area is 165 Å². The SMILES string of the molecule is Cc1cc(C)n(-c2ccc(NCCNC(=O)c3cccc(I)c3)nn2)n1. The first-order chi connectivity index (χ1) is 12.5. The fraction of sp³-hybridized carbons (Fsp3) is 0.222. The van der Waals surface area contributed by atoms with Gasteiger partial charge in [0.2, 0.25) is 0 Å². The molecular weight excluding hydrogens is 443 g/mol. The molecule has 26 heavy (non-hydrogen) atoms. The molecule has 2 aromatic heterocycles. The third-order valence-corrected chi connectivity index (χ3v) is 4.35. The van der Waals surface area contributed by atoms with Gasteiger partial charge in [-0.25, -0.2) is 4.68 Å². The minimum absolute atomic E-state index is 0.0868. The first-order valence-corrected chi connectivity index (χ1v) is 9.26. The van der Waals surface area contributed by atoms with Crippen LogP contribution in [-0.4, -0.2) is 39.0 Å². The molecular formula is C18H19IN6O. The van der Waals surface area contributed by atoms with E-state index in [4.69, 9.17) is 0 Å². The lowest BCUT2D eigenvalue weighted by Gasteiger charge is -2.08. The zero-order valence-electron chi connectivity index (χ0n) is 14.5. The van der Waals surface area contributed by atoms with E-state index >= 15 is 0 Å². The molecule has 0 aliphatic carbocycles. The molecule has 0 radical (unpaired) electrons. The summed E-state index contributed by atoms with van der Waals surface area (Å²) in [4.78, 5) is 12.1. The smallest absolute Gasteiger partial charge is 0.251 e. The number of nitrogens with one attached hydrogen (secondary N) is 2. The number of carbonyl (C=O) groups excluding carboxylic acids is 1. The average Bonchev–Trinajstić information content (AvgIpc) is 2.97. The number of aromatic nitrogens is 4. The molecule has 3 aromatic rings. The molecule has 0 spiro atoms. The van der Waals surface area contributed by atoms with Crippen molar-refractivity contribution in [3.63, 3.8) is 0 Å². The van der Waals surface area contributed by atoms with Gasteiger partial charge < -0.3 is 10.6 Å². The van der Waals surface area contributed by atoms with E-state index in [9.17, 15) is 4.79 Å². The minimum Gasteiger partial charge on any atom is -0.367 e. The van der Waals surface area contributed by atoms with Gasteiger partial charge >= 0.3 is 0 Å². The molecule has 7 nitrogen and oxygen atoms in total. The van der Waals surface area contributed by atoms with E-state index in [1.165, 1.54) is 0 Å². The summed E-state index contributed by atoms with van der Waals surface area (Å²) < 4.78 is 2.79. The Morgan fingerprint density at radius 2 is 1.96 bits per heavy atom. The molecule has 0 aliphatic heterocycles. The summed E-state index contributed by atoms with van der Waals surface area (Å²) in [5.41, 5.74) is 2.61. The number of amides is 1. The van der Waals surface area contributed by atoms with Gasteiger partial charge in [-0.1, -0.05) is 6.07 Å². The first-order valence-electron chi connectivity index (χ1n) is 8.18. The van der Waals surface area contributed by atoms with Crippen molar-refractivity contribution in [3.8, 4) is 5.82 Å². The Morgan fingerprint density at radius 3 is 2.62 bits per heavy atom. The van der Waals surface area contributed by atoms with Crippen molar-refractivity contribution in [1.29, 1.82) is 0 Å². The summed E-state index contributed by atoms with van der Waals surface area (Å²) in [7, 11) is 0. The van der Waals surface area contributed by atoms with Crippen molar-refractivity contribution >= 4 is 34.3 Å². The van der Waals surface area contributed by atoms with Crippen LogP contribution in [0.25, 0.3) is 5.82 Å². The van der Waals surface area contributed by atoms with E-state index in [-0.39, 0.29) is 5.91 Å². The van der Waals surface area contributed by atoms with E-state index in [0.717, 1.165) is 15.0 Å². The van der Waals surface area contributed by atoms with Crippen molar-refractivity contribution in [2.75, 3.05) is 18.4 Å². The predicted molar refractivity (Wildman–Crippen MR) is 109 cm³/mol. The quantitative estimate of drug-likeness (QED) is 0.435. The van der Waals surface area contributed by atoms with Gasteiger partial charge in [0, 0.05) is 27.9 Å². The van der Waals surface area contributed by atoms with Gasteiger partial charge in [-0.05, 0) is 72.8 Å². The van der Waals surface area contributed by atoms with Crippen LogP contribution in [0.15, 0.2) is 42.5 Å². The van der Waals surface area contributed by atoms with Gasteiger partial charge in [0.05, 0.1) is 5.69 Å². The molecule has 0 saturated carbocycles. The lowest BCUT2D eigenvalue weighted by molar-refractivity contribution is 0.0955. The van der Waals surface area contributed by atoms with Crippen LogP contribution in [0, 0.1) is 17.4 Å². The molecule has 0 fully saturated rings. The second kappa shape index (κ2) is 8.26. The molecule has 0 aliphatic rings. The lowest BCUT2D eigenvalue weighted by atomic mass is 10.2. The van der Waals surface area contributed by atoms with E-state index in [1.54, 1.807) is 10.7 Å². The van der Waals surface area contributed by atoms with Crippen LogP contribution in [0.5, 0.6) is 0 Å². The fourth-order valence-corrected chi connectivity index (χ4v) is 3.03. The zero-order valence-corrected chi connectivity index (χ0v) is 16.7. The molecule has 0 atom stereocenters. The Kier molecular flexibility index (Phi) is 5.82. The fourth-order valence-electron chi connectivity index (χ4n) is 2.49. The number of rotatable bonds is 6. The molecule has 1 aromatic carbocycles. The van der Waals surface area contributed by atoms with E-state index in [2.05, 4.69) is 48.5 Å². The molecule has 0 unspecified atom stereocenters. The monoisotopic (exact) mass is 462 g/mol. The molecule has 0 bridgehead atoms. The molecule has 134 valence electrons. The Bertz CT molecular complexity index is 906. The normalized spacial score (nSPS) is 10.6. The van der Waals surface area contributed by atoms with Crippen LogP contribution in [0.2, 0.25) is 0 Å². The molecule has 1 amide bonds. The van der Waals surface area contributed by atoms with Crippen molar-refractivity contribution < 1.29 is 4.79 Å². The Hall–Kier alpha value is -2.49. The van der Waals surface area contributed by atoms with Crippen molar-refractivity contribution in [1.82, 2.24) is 25.3 Å². The van der Waals surface area contributed by atoms with Crippen LogP contribution in [0.4, 0.5) is 5.82 Å². The van der Waals surface area contributed by atoms with Crippen molar-refractivity contribution in [3.05, 3.63) is 63.0 Å². The van der Waals surface area contributed by atoms with Crippen molar-refractivity contribution in [2.45, 2.75) is 13.8 Å². The maximum Gasteiger partial charge on any atom is 0.251 e. The summed E-state index contributed by atoms with van der Waals surface area (Å²) in [5, 5.41) is 18.8. The van der Waals surface area contributed by atoms with Crippen LogP contribution in [0.1, 0.15) is 21.7 Å². The second-order valence-corrected chi connectivity index (χ2v) is 7.05. The first kappa shape index (κ1) is 18.3. The number of carbonyl (C=O) groups is 1. The van der Waals surface area contributed by atoms with Gasteiger partial charge in [0.15, 0.2) is 5.82 Å². The summed E-state index contributed by atoms with van der Waals surface area (Å²) in [5.74, 6) is 1.24. The molecule has 2 heterocycles. The molecule has 3 rings (SSSR count). The number of hydrogen-bond acceptors (Lipinski definition) is 5. The average molecular weight is 462 g/mol. The standard InChI is InChI=1S/C18H19IN6O/c1-12-10-13(2)25(24-12)17-7-6-16(22-23-17)20-8-9-21-18(26)14-4-3-5-15(19)11-14/h3-7,10-11H,8-9H2,1-2H3,(H,20,22)(H,21,26). The van der Waals surface area contributed by atoms with Gasteiger partial charge in [-0.3, -0.25) is 4.79 Å². The Balaban J connectivity index is 1.49. The van der Waals surface area contributed by atoms with Crippen LogP contribution in [-0.2, 0) is 0 Å². The van der Waals surface area contributed by atoms with E-state index in [1.807, 2.05) is 50.2 Å². The number of hydrogen-bond donors (Lipinski definition) is 2. The van der Waals surface area contributed by atoms with Gasteiger partial charge in [0.25, 0.3) is 5.91 Å². The number of nitrogens with zero attached hydrogens (tertiary/aromatic N) is 4. The maximum atomic E-state index is 12.1. The van der Waals surface area contributed by atoms with Gasteiger partial charge in [0.1, 0.15) is 5.82 Å². The third kappa shape index (κ3) is 4.57. The summed E-state index contributed by atoms with van der Waals surface area (Å²) in [6.07, 6.45) is 0. The van der Waals surface area contributed by atoms with Gasteiger partial charge in [-0.2, -0.15) is 5.10 Å². The number of anilines is 1. The maximum absolute atomic E-state index is 12.1. The summed E-state index contributed by atoms with van der Waals surface area (Å²) in [6.45, 7) is 4.97.